The van der Waals surface area contributed by atoms with Gasteiger partial charge in [0.1, 0.15) is 6.54 Å². The number of esters is 1. The molecule has 0 N–H and O–H groups in total. The third-order valence-electron chi connectivity index (χ3n) is 2.85. The van der Waals surface area contributed by atoms with Gasteiger partial charge < -0.3 is 14.2 Å². The highest BCUT2D eigenvalue weighted by atomic mass is 16.5. The second-order valence-electron chi connectivity index (χ2n) is 5.42. The van der Waals surface area contributed by atoms with Gasteiger partial charge in [0, 0.05) is 24.5 Å². The van der Waals surface area contributed by atoms with Gasteiger partial charge in [-0.1, -0.05) is 0 Å². The minimum Gasteiger partial charge on any atom is -0.465 e. The molecule has 0 unspecified atom stereocenters. The molecule has 0 amide bonds. The summed E-state index contributed by atoms with van der Waals surface area (Å²) in [4.78, 5) is 29.8. The zero-order valence-electron chi connectivity index (χ0n) is 12.8. The zero-order valence-corrected chi connectivity index (χ0v) is 12.8. The van der Waals surface area contributed by atoms with Crippen LogP contribution in [0.2, 0.25) is 0 Å². The first-order valence-corrected chi connectivity index (χ1v) is 6.80. The first-order chi connectivity index (χ1) is 9.31. The van der Waals surface area contributed by atoms with E-state index in [1.54, 1.807) is 28.8 Å². The fourth-order valence-electron chi connectivity index (χ4n) is 1.85. The summed E-state index contributed by atoms with van der Waals surface area (Å²) < 4.78 is 6.53. The number of anilines is 1. The number of aromatic nitrogens is 2. The number of nitrogens with zero attached hydrogens (tertiary/aromatic N) is 3. The van der Waals surface area contributed by atoms with Crippen molar-refractivity contribution in [2.24, 2.45) is 0 Å². The van der Waals surface area contributed by atoms with Gasteiger partial charge in [0.25, 0.3) is 5.56 Å². The van der Waals surface area contributed by atoms with Crippen LogP contribution in [0.4, 0.5) is 5.82 Å². The van der Waals surface area contributed by atoms with Crippen LogP contribution in [0.15, 0.2) is 17.2 Å². The molecule has 0 saturated heterocycles. The summed E-state index contributed by atoms with van der Waals surface area (Å²) in [5.74, 6) is -0.0836. The number of likely N-dealkylation sites (N-methyl/N-ethyl adjacent to an activating group) is 1. The first kappa shape index (κ1) is 16.2. The second-order valence-corrected chi connectivity index (χ2v) is 5.42. The fourth-order valence-corrected chi connectivity index (χ4v) is 1.85. The third kappa shape index (κ3) is 3.82. The van der Waals surface area contributed by atoms with Crippen LogP contribution in [0.1, 0.15) is 34.6 Å². The minimum absolute atomic E-state index is 0.0285. The molecule has 0 aliphatic carbocycles. The molecule has 1 aromatic heterocycles. The van der Waals surface area contributed by atoms with E-state index in [1.807, 2.05) is 27.7 Å². The van der Waals surface area contributed by atoms with Gasteiger partial charge in [-0.15, -0.1) is 0 Å². The smallest absolute Gasteiger partial charge is 0.325 e. The Hall–Kier alpha value is -1.85. The largest absolute Gasteiger partial charge is 0.465 e. The lowest BCUT2D eigenvalue weighted by Gasteiger charge is -2.25. The van der Waals surface area contributed by atoms with E-state index in [4.69, 9.17) is 4.74 Å². The number of rotatable bonds is 5. The van der Waals surface area contributed by atoms with Crippen molar-refractivity contribution < 1.29 is 9.53 Å². The first-order valence-electron chi connectivity index (χ1n) is 6.80. The predicted octanol–water partition coefficient (Wildman–Crippen LogP) is 1.39. The molecule has 1 rings (SSSR count). The Labute approximate surface area is 119 Å². The quantitative estimate of drug-likeness (QED) is 0.763. The van der Waals surface area contributed by atoms with Gasteiger partial charge in [-0.3, -0.25) is 9.59 Å². The molecule has 0 bridgehead atoms. The molecule has 0 radical (unpaired) electrons. The summed E-state index contributed by atoms with van der Waals surface area (Å²) in [6.45, 7) is 10.3. The van der Waals surface area contributed by atoms with Crippen LogP contribution in [0, 0.1) is 0 Å². The Bertz CT molecular complexity index is 517. The van der Waals surface area contributed by atoms with Crippen LogP contribution in [-0.4, -0.2) is 35.2 Å². The molecule has 1 aromatic rings. The highest BCUT2D eigenvalue weighted by molar-refractivity contribution is 5.75. The molecule has 0 atom stereocenters. The lowest BCUT2D eigenvalue weighted by molar-refractivity contribution is -0.141. The molecular formula is C14H23N3O3. The average Bonchev–Trinajstić information content (AvgIpc) is 2.35. The molecule has 0 aromatic carbocycles. The van der Waals surface area contributed by atoms with Gasteiger partial charge in [0.05, 0.1) is 6.61 Å². The standard InChI is InChI=1S/C14H23N3O3/c1-6-16(10-11(18)20-7-2)12-13(19)17(9-8-15-12)14(3,4)5/h8-9H,6-7,10H2,1-5H3. The molecule has 112 valence electrons. The Balaban J connectivity index is 3.11. The van der Waals surface area contributed by atoms with Crippen LogP contribution >= 0.6 is 0 Å². The lowest BCUT2D eigenvalue weighted by atomic mass is 10.1. The number of carbonyl (C=O) groups excluding carboxylic acids is 1. The van der Waals surface area contributed by atoms with E-state index in [-0.39, 0.29) is 29.4 Å². The summed E-state index contributed by atoms with van der Waals surface area (Å²) in [5.41, 5.74) is -0.538. The van der Waals surface area contributed by atoms with Crippen molar-refractivity contribution >= 4 is 11.8 Å². The molecule has 0 saturated carbocycles. The van der Waals surface area contributed by atoms with Crippen molar-refractivity contribution in [1.82, 2.24) is 9.55 Å². The summed E-state index contributed by atoms with van der Waals surface area (Å²) in [6.07, 6.45) is 3.24. The van der Waals surface area contributed by atoms with E-state index in [9.17, 15) is 9.59 Å². The molecule has 6 heteroatoms. The molecule has 1 heterocycles. The van der Waals surface area contributed by atoms with Crippen LogP contribution in [0.3, 0.4) is 0 Å². The van der Waals surface area contributed by atoms with Gasteiger partial charge in [-0.05, 0) is 34.6 Å². The van der Waals surface area contributed by atoms with Gasteiger partial charge in [-0.2, -0.15) is 0 Å². The Morgan fingerprint density at radius 2 is 2.05 bits per heavy atom. The highest BCUT2D eigenvalue weighted by Gasteiger charge is 2.20. The van der Waals surface area contributed by atoms with Crippen molar-refractivity contribution in [2.75, 3.05) is 24.6 Å². The van der Waals surface area contributed by atoms with Crippen molar-refractivity contribution in [1.29, 1.82) is 0 Å². The van der Waals surface area contributed by atoms with Crippen LogP contribution < -0.4 is 10.5 Å². The maximum absolute atomic E-state index is 12.5. The Morgan fingerprint density at radius 3 is 2.55 bits per heavy atom. The third-order valence-corrected chi connectivity index (χ3v) is 2.85. The molecule has 0 fully saturated rings. The molecule has 6 nitrogen and oxygen atoms in total. The van der Waals surface area contributed by atoms with Crippen molar-refractivity contribution in [3.05, 3.63) is 22.7 Å². The second kappa shape index (κ2) is 6.54. The number of carbonyl (C=O) groups is 1. The molecular weight excluding hydrogens is 258 g/mol. The highest BCUT2D eigenvalue weighted by Crippen LogP contribution is 2.12. The summed E-state index contributed by atoms with van der Waals surface area (Å²) in [5, 5.41) is 0. The van der Waals surface area contributed by atoms with Crippen LogP contribution in [0.5, 0.6) is 0 Å². The Kier molecular flexibility index (Phi) is 5.30. The molecule has 20 heavy (non-hydrogen) atoms. The molecule has 0 aliphatic heterocycles. The lowest BCUT2D eigenvalue weighted by Crippen LogP contribution is -2.40. The zero-order chi connectivity index (χ0) is 15.3. The van der Waals surface area contributed by atoms with E-state index in [0.29, 0.717) is 13.2 Å². The fraction of sp³-hybridized carbons (Fsp3) is 0.643. The van der Waals surface area contributed by atoms with Crippen molar-refractivity contribution in [3.8, 4) is 0 Å². The van der Waals surface area contributed by atoms with E-state index >= 15 is 0 Å². The van der Waals surface area contributed by atoms with Crippen molar-refractivity contribution in [3.63, 3.8) is 0 Å². The maximum Gasteiger partial charge on any atom is 0.325 e. The molecule has 0 aliphatic rings. The predicted molar refractivity (Wildman–Crippen MR) is 78.0 cm³/mol. The van der Waals surface area contributed by atoms with E-state index in [0.717, 1.165) is 0 Å². The average molecular weight is 281 g/mol. The summed E-state index contributed by atoms with van der Waals surface area (Å²) in [6, 6.07) is 0. The van der Waals surface area contributed by atoms with Gasteiger partial charge in [0.2, 0.25) is 0 Å². The van der Waals surface area contributed by atoms with Crippen LogP contribution in [0.25, 0.3) is 0 Å². The van der Waals surface area contributed by atoms with Gasteiger partial charge >= 0.3 is 5.97 Å². The van der Waals surface area contributed by atoms with Gasteiger partial charge in [-0.25, -0.2) is 4.98 Å². The van der Waals surface area contributed by atoms with Crippen LogP contribution in [-0.2, 0) is 15.1 Å². The number of hydrogen-bond donors (Lipinski definition) is 0. The van der Waals surface area contributed by atoms with Gasteiger partial charge in [0.15, 0.2) is 5.82 Å². The summed E-state index contributed by atoms with van der Waals surface area (Å²) >= 11 is 0. The SMILES string of the molecule is CCOC(=O)CN(CC)c1nccn(C(C)(C)C)c1=O. The normalized spacial score (nSPS) is 11.2. The maximum atomic E-state index is 12.5. The topological polar surface area (TPSA) is 64.4 Å². The Morgan fingerprint density at radius 1 is 1.40 bits per heavy atom. The van der Waals surface area contributed by atoms with E-state index < -0.39 is 0 Å². The summed E-state index contributed by atoms with van der Waals surface area (Å²) in [7, 11) is 0. The van der Waals surface area contributed by atoms with E-state index in [1.165, 1.54) is 0 Å². The minimum atomic E-state index is -0.360. The monoisotopic (exact) mass is 281 g/mol. The molecule has 0 spiro atoms. The number of ether oxygens (including phenoxy) is 1. The number of hydrogen-bond acceptors (Lipinski definition) is 5. The van der Waals surface area contributed by atoms with Crippen molar-refractivity contribution in [2.45, 2.75) is 40.2 Å². The van der Waals surface area contributed by atoms with E-state index in [2.05, 4.69) is 4.98 Å².